The van der Waals surface area contributed by atoms with E-state index in [1.807, 2.05) is 0 Å². The van der Waals surface area contributed by atoms with Crippen LogP contribution in [0, 0.1) is 0 Å². The van der Waals surface area contributed by atoms with Gasteiger partial charge in [-0.1, -0.05) is 58.5 Å². The maximum absolute atomic E-state index is 12.9. The number of primary amides is 1. The minimum atomic E-state index is -0.624. The van der Waals surface area contributed by atoms with Gasteiger partial charge < -0.3 is 10.6 Å². The van der Waals surface area contributed by atoms with Crippen LogP contribution in [-0.2, 0) is 24.3 Å². The molecule has 2 amide bonds. The number of hydrogen-bond acceptors (Lipinski definition) is 3. The highest BCUT2D eigenvalue weighted by atomic mass is 35.5. The molecule has 0 aliphatic carbocycles. The summed E-state index contributed by atoms with van der Waals surface area (Å²) in [6.45, 7) is 1.10. The maximum Gasteiger partial charge on any atom is 0.252 e. The Morgan fingerprint density at radius 2 is 1.61 bits per heavy atom. The van der Waals surface area contributed by atoms with E-state index in [0.29, 0.717) is 50.1 Å². The molecule has 0 unspecified atom stereocenters. The number of fused-ring (bicyclic) bond motifs is 1. The number of aromatic nitrogens is 2. The Hall–Kier alpha value is -2.25. The molecule has 2 aromatic carbocycles. The number of nitrogens with two attached hydrogens (primary N) is 1. The third kappa shape index (κ3) is 4.39. The topological polar surface area (TPSA) is 81.2 Å². The summed E-state index contributed by atoms with van der Waals surface area (Å²) in [5.41, 5.74) is 8.33. The molecule has 1 aliphatic heterocycles. The van der Waals surface area contributed by atoms with Crippen molar-refractivity contribution in [3.63, 3.8) is 0 Å². The number of benzene rings is 2. The first kappa shape index (κ1) is 22.0. The van der Waals surface area contributed by atoms with Gasteiger partial charge in [0.1, 0.15) is 5.69 Å². The molecule has 3 aromatic rings. The van der Waals surface area contributed by atoms with Crippen LogP contribution in [0.5, 0.6) is 0 Å². The highest BCUT2D eigenvalue weighted by Crippen LogP contribution is 2.32. The Bertz CT molecular complexity index is 1210. The molecule has 6 nitrogen and oxygen atoms in total. The molecule has 0 atom stereocenters. The molecule has 2 heterocycles. The molecular formula is C21H16Cl4N4O2. The fourth-order valence-electron chi connectivity index (χ4n) is 3.57. The lowest BCUT2D eigenvalue weighted by molar-refractivity contribution is -0.132. The van der Waals surface area contributed by atoms with Crippen LogP contribution < -0.4 is 5.73 Å². The summed E-state index contributed by atoms with van der Waals surface area (Å²) in [6.07, 6.45) is 0.163. The normalized spacial score (nSPS) is 13.2. The van der Waals surface area contributed by atoms with Crippen molar-refractivity contribution in [2.45, 2.75) is 19.5 Å². The molecule has 4 rings (SSSR count). The van der Waals surface area contributed by atoms with Gasteiger partial charge in [0.25, 0.3) is 5.91 Å². The second-order valence-corrected chi connectivity index (χ2v) is 8.76. The van der Waals surface area contributed by atoms with Crippen molar-refractivity contribution in [2.75, 3.05) is 6.54 Å². The summed E-state index contributed by atoms with van der Waals surface area (Å²) in [5.74, 6) is -0.724. The SMILES string of the molecule is NC(=O)c1c(-c2ccc(Cl)c(Cl)c2)nn2c1CN(C(=O)Cc1ccc(Cl)c(Cl)c1)CC2. The average Bonchev–Trinajstić information content (AvgIpc) is 3.11. The molecule has 1 aromatic heterocycles. The van der Waals surface area contributed by atoms with Crippen molar-refractivity contribution in [2.24, 2.45) is 5.73 Å². The third-order valence-corrected chi connectivity index (χ3v) is 6.59. The van der Waals surface area contributed by atoms with Crippen LogP contribution in [-0.4, -0.2) is 33.0 Å². The van der Waals surface area contributed by atoms with E-state index >= 15 is 0 Å². The second-order valence-electron chi connectivity index (χ2n) is 7.13. The van der Waals surface area contributed by atoms with E-state index in [1.165, 1.54) is 0 Å². The molecule has 0 radical (unpaired) electrons. The Morgan fingerprint density at radius 3 is 2.26 bits per heavy atom. The molecule has 0 spiro atoms. The van der Waals surface area contributed by atoms with Gasteiger partial charge in [0.05, 0.1) is 50.9 Å². The van der Waals surface area contributed by atoms with Crippen LogP contribution in [0.15, 0.2) is 36.4 Å². The number of hydrogen-bond donors (Lipinski definition) is 1. The van der Waals surface area contributed by atoms with E-state index < -0.39 is 5.91 Å². The van der Waals surface area contributed by atoms with Gasteiger partial charge in [-0.25, -0.2) is 0 Å². The quantitative estimate of drug-likeness (QED) is 0.559. The first-order valence-corrected chi connectivity index (χ1v) is 10.8. The Kier molecular flexibility index (Phi) is 6.17. The first-order chi connectivity index (χ1) is 14.7. The lowest BCUT2D eigenvalue weighted by atomic mass is 10.0. The number of amides is 2. The number of carbonyl (C=O) groups excluding carboxylic acids is 2. The molecule has 0 fully saturated rings. The highest BCUT2D eigenvalue weighted by Gasteiger charge is 2.29. The number of rotatable bonds is 4. The lowest BCUT2D eigenvalue weighted by Crippen LogP contribution is -2.40. The smallest absolute Gasteiger partial charge is 0.252 e. The predicted octanol–water partition coefficient (Wildman–Crippen LogP) is 4.85. The Morgan fingerprint density at radius 1 is 0.935 bits per heavy atom. The van der Waals surface area contributed by atoms with Crippen LogP contribution in [0.25, 0.3) is 11.3 Å². The molecule has 0 saturated heterocycles. The van der Waals surface area contributed by atoms with Crippen molar-refractivity contribution in [1.82, 2.24) is 14.7 Å². The van der Waals surface area contributed by atoms with Crippen LogP contribution in [0.4, 0.5) is 0 Å². The predicted molar refractivity (Wildman–Crippen MR) is 122 cm³/mol. The standard InChI is InChI=1S/C21H16Cl4N4O2/c22-13-3-1-11(7-15(13)24)8-18(30)28-5-6-29-17(10-28)19(21(26)31)20(27-29)12-2-4-14(23)16(25)9-12/h1-4,7,9H,5-6,8,10H2,(H2,26,31). The number of halogens is 4. The van der Waals surface area contributed by atoms with Crippen molar-refractivity contribution in [3.05, 3.63) is 73.3 Å². The Labute approximate surface area is 198 Å². The monoisotopic (exact) mass is 496 g/mol. The van der Waals surface area contributed by atoms with Crippen LogP contribution in [0.2, 0.25) is 20.1 Å². The van der Waals surface area contributed by atoms with Gasteiger partial charge in [-0.05, 0) is 29.8 Å². The number of carbonyl (C=O) groups is 2. The minimum absolute atomic E-state index is 0.0997. The van der Waals surface area contributed by atoms with E-state index in [-0.39, 0.29) is 24.4 Å². The van der Waals surface area contributed by atoms with Gasteiger partial charge in [-0.2, -0.15) is 5.10 Å². The summed E-state index contributed by atoms with van der Waals surface area (Å²) in [7, 11) is 0. The molecule has 2 N–H and O–H groups in total. The van der Waals surface area contributed by atoms with Crippen molar-refractivity contribution in [1.29, 1.82) is 0 Å². The first-order valence-electron chi connectivity index (χ1n) is 9.31. The summed E-state index contributed by atoms with van der Waals surface area (Å²) in [6, 6.07) is 10.1. The minimum Gasteiger partial charge on any atom is -0.365 e. The zero-order valence-corrected chi connectivity index (χ0v) is 19.1. The van der Waals surface area contributed by atoms with Crippen LogP contribution in [0.3, 0.4) is 0 Å². The maximum atomic E-state index is 12.9. The molecule has 160 valence electrons. The Balaban J connectivity index is 1.63. The summed E-state index contributed by atoms with van der Waals surface area (Å²) >= 11 is 24.1. The zero-order valence-electron chi connectivity index (χ0n) is 16.0. The molecule has 31 heavy (non-hydrogen) atoms. The van der Waals surface area contributed by atoms with Gasteiger partial charge in [0.2, 0.25) is 5.91 Å². The van der Waals surface area contributed by atoms with Gasteiger partial charge in [0.15, 0.2) is 0 Å². The van der Waals surface area contributed by atoms with Gasteiger partial charge in [0, 0.05) is 12.1 Å². The average molecular weight is 498 g/mol. The molecule has 1 aliphatic rings. The summed E-state index contributed by atoms with van der Waals surface area (Å²) in [4.78, 5) is 26.9. The van der Waals surface area contributed by atoms with Crippen molar-refractivity contribution in [3.8, 4) is 11.3 Å². The van der Waals surface area contributed by atoms with E-state index in [0.717, 1.165) is 5.56 Å². The molecule has 0 bridgehead atoms. The fourth-order valence-corrected chi connectivity index (χ4v) is 4.19. The van der Waals surface area contributed by atoms with E-state index in [2.05, 4.69) is 5.10 Å². The van der Waals surface area contributed by atoms with E-state index in [4.69, 9.17) is 52.1 Å². The van der Waals surface area contributed by atoms with Crippen molar-refractivity contribution >= 4 is 58.2 Å². The van der Waals surface area contributed by atoms with E-state index in [1.54, 1.807) is 46.0 Å². The van der Waals surface area contributed by atoms with Gasteiger partial charge in [-0.15, -0.1) is 0 Å². The second kappa shape index (κ2) is 8.71. The highest BCUT2D eigenvalue weighted by molar-refractivity contribution is 6.42. The molecule has 10 heteroatoms. The fraction of sp³-hybridized carbons (Fsp3) is 0.190. The zero-order chi connectivity index (χ0) is 22.3. The third-order valence-electron chi connectivity index (χ3n) is 5.11. The molecular weight excluding hydrogens is 482 g/mol. The van der Waals surface area contributed by atoms with Gasteiger partial charge in [-0.3, -0.25) is 14.3 Å². The van der Waals surface area contributed by atoms with Crippen LogP contribution >= 0.6 is 46.4 Å². The van der Waals surface area contributed by atoms with Crippen LogP contribution in [0.1, 0.15) is 21.6 Å². The molecule has 0 saturated carbocycles. The summed E-state index contributed by atoms with van der Waals surface area (Å²) in [5, 5.41) is 6.13. The summed E-state index contributed by atoms with van der Waals surface area (Å²) < 4.78 is 1.71. The largest absolute Gasteiger partial charge is 0.365 e. The van der Waals surface area contributed by atoms with Crippen molar-refractivity contribution < 1.29 is 9.59 Å². The van der Waals surface area contributed by atoms with Gasteiger partial charge >= 0.3 is 0 Å². The number of nitrogens with zero attached hydrogens (tertiary/aromatic N) is 3. The lowest BCUT2D eigenvalue weighted by Gasteiger charge is -2.28. The van der Waals surface area contributed by atoms with E-state index in [9.17, 15) is 9.59 Å².